The van der Waals surface area contributed by atoms with Crippen molar-refractivity contribution >= 4 is 24.2 Å². The number of anilines is 1. The maximum absolute atomic E-state index is 11.8. The van der Waals surface area contributed by atoms with Crippen LogP contribution in [0.5, 0.6) is 0 Å². The van der Waals surface area contributed by atoms with Gasteiger partial charge in [-0.3, -0.25) is 4.90 Å². The fourth-order valence-corrected chi connectivity index (χ4v) is 2.95. The molecule has 0 unspecified atom stereocenters. The van der Waals surface area contributed by atoms with E-state index in [2.05, 4.69) is 11.4 Å². The summed E-state index contributed by atoms with van der Waals surface area (Å²) in [5.41, 5.74) is 2.27. The van der Waals surface area contributed by atoms with Crippen molar-refractivity contribution in [1.29, 1.82) is 0 Å². The molecule has 0 spiro atoms. The Hall–Kier alpha value is -1.26. The van der Waals surface area contributed by atoms with Gasteiger partial charge in [0.25, 0.3) is 0 Å². The zero-order valence-corrected chi connectivity index (χ0v) is 11.1. The van der Waals surface area contributed by atoms with Gasteiger partial charge in [0.2, 0.25) is 0 Å². The molecule has 0 aliphatic carbocycles. The molecule has 1 saturated heterocycles. The highest BCUT2D eigenvalue weighted by molar-refractivity contribution is 5.89. The highest BCUT2D eigenvalue weighted by atomic mass is 35.5. The third-order valence-electron chi connectivity index (χ3n) is 3.78. The first-order chi connectivity index (χ1) is 8.31. The molecule has 0 aromatic heterocycles. The number of halogens is 1. The van der Waals surface area contributed by atoms with E-state index in [0.29, 0.717) is 11.8 Å². The molecule has 3 rings (SSSR count). The van der Waals surface area contributed by atoms with E-state index in [4.69, 9.17) is 4.74 Å². The Bertz CT molecular complexity index is 452. The Morgan fingerprint density at radius 2 is 2.17 bits per heavy atom. The minimum absolute atomic E-state index is 0. The van der Waals surface area contributed by atoms with Crippen molar-refractivity contribution in [3.8, 4) is 0 Å². The predicted octanol–water partition coefficient (Wildman–Crippen LogP) is 2.00. The fourth-order valence-electron chi connectivity index (χ4n) is 2.95. The van der Waals surface area contributed by atoms with E-state index in [1.807, 2.05) is 18.2 Å². The van der Waals surface area contributed by atoms with Crippen molar-refractivity contribution < 1.29 is 9.53 Å². The van der Waals surface area contributed by atoms with Gasteiger partial charge in [-0.05, 0) is 17.5 Å². The molecule has 2 heterocycles. The summed E-state index contributed by atoms with van der Waals surface area (Å²) < 4.78 is 4.86. The average molecular weight is 269 g/mol. The summed E-state index contributed by atoms with van der Waals surface area (Å²) in [6, 6.07) is 8.13. The van der Waals surface area contributed by atoms with Gasteiger partial charge in [-0.25, -0.2) is 4.79 Å². The monoisotopic (exact) mass is 268 g/mol. The molecule has 1 fully saturated rings. The number of methoxy groups -OCH3 is 1. The number of nitrogens with zero attached hydrogens (tertiary/aromatic N) is 1. The van der Waals surface area contributed by atoms with Gasteiger partial charge in [-0.1, -0.05) is 18.2 Å². The molecule has 2 atom stereocenters. The molecule has 4 nitrogen and oxygen atoms in total. The largest absolute Gasteiger partial charge is 0.452 e. The van der Waals surface area contributed by atoms with Gasteiger partial charge in [-0.2, -0.15) is 0 Å². The van der Waals surface area contributed by atoms with Crippen LogP contribution in [0, 0.1) is 5.92 Å². The van der Waals surface area contributed by atoms with Crippen LogP contribution in [0.25, 0.3) is 0 Å². The van der Waals surface area contributed by atoms with Crippen LogP contribution in [0.4, 0.5) is 10.5 Å². The first kappa shape index (κ1) is 13.2. The smallest absolute Gasteiger partial charge is 0.414 e. The van der Waals surface area contributed by atoms with Crippen molar-refractivity contribution in [3.05, 3.63) is 29.8 Å². The van der Waals surface area contributed by atoms with Gasteiger partial charge in [0, 0.05) is 25.6 Å². The lowest BCUT2D eigenvalue weighted by Gasteiger charge is -2.35. The Kier molecular flexibility index (Phi) is 3.78. The molecular formula is C13H17ClN2O2. The molecule has 2 aliphatic heterocycles. The van der Waals surface area contributed by atoms with Gasteiger partial charge < -0.3 is 10.1 Å². The highest BCUT2D eigenvalue weighted by Crippen LogP contribution is 2.40. The Morgan fingerprint density at radius 3 is 2.94 bits per heavy atom. The molecule has 98 valence electrons. The minimum atomic E-state index is -0.261. The van der Waals surface area contributed by atoms with E-state index in [9.17, 15) is 4.79 Å². The zero-order valence-electron chi connectivity index (χ0n) is 10.3. The number of carbonyl (C=O) groups is 1. The quantitative estimate of drug-likeness (QED) is 0.783. The van der Waals surface area contributed by atoms with Crippen molar-refractivity contribution in [1.82, 2.24) is 5.32 Å². The molecular weight excluding hydrogens is 252 g/mol. The standard InChI is InChI=1S/C13H16N2O2.ClH/c1-17-13(16)15-8-9-6-14-7-11(9)10-4-2-3-5-12(10)15;/h2-5,9,11,14H,6-8H2,1H3;1H/t9-,11+;/m1./s1. The SMILES string of the molecule is COC(=O)N1C[C@H]2CNC[C@@H]2c2ccccc21.Cl. The number of ether oxygens (including phenoxy) is 1. The van der Waals surface area contributed by atoms with Crippen LogP contribution < -0.4 is 10.2 Å². The number of nitrogens with one attached hydrogen (secondary N) is 1. The second-order valence-electron chi connectivity index (χ2n) is 4.66. The summed E-state index contributed by atoms with van der Waals surface area (Å²) >= 11 is 0. The lowest BCUT2D eigenvalue weighted by molar-refractivity contribution is 0.176. The fraction of sp³-hybridized carbons (Fsp3) is 0.462. The molecule has 5 heteroatoms. The third kappa shape index (κ3) is 1.95. The summed E-state index contributed by atoms with van der Waals surface area (Å²) in [6.45, 7) is 2.74. The van der Waals surface area contributed by atoms with Crippen LogP contribution in [0.2, 0.25) is 0 Å². The predicted molar refractivity (Wildman–Crippen MR) is 72.5 cm³/mol. The molecule has 0 radical (unpaired) electrons. The molecule has 1 aromatic rings. The van der Waals surface area contributed by atoms with Crippen molar-refractivity contribution in [2.75, 3.05) is 31.6 Å². The van der Waals surface area contributed by atoms with Gasteiger partial charge in [-0.15, -0.1) is 12.4 Å². The second-order valence-corrected chi connectivity index (χ2v) is 4.66. The van der Waals surface area contributed by atoms with Crippen LogP contribution in [-0.4, -0.2) is 32.8 Å². The molecule has 1 amide bonds. The van der Waals surface area contributed by atoms with E-state index in [0.717, 1.165) is 25.3 Å². The van der Waals surface area contributed by atoms with E-state index in [1.165, 1.54) is 12.7 Å². The lowest BCUT2D eigenvalue weighted by atomic mass is 9.84. The van der Waals surface area contributed by atoms with Gasteiger partial charge in [0.1, 0.15) is 0 Å². The first-order valence-electron chi connectivity index (χ1n) is 5.96. The van der Waals surface area contributed by atoms with Crippen molar-refractivity contribution in [2.45, 2.75) is 5.92 Å². The first-order valence-corrected chi connectivity index (χ1v) is 5.96. The molecule has 0 bridgehead atoms. The van der Waals surface area contributed by atoms with Gasteiger partial charge >= 0.3 is 6.09 Å². The normalized spacial score (nSPS) is 24.8. The maximum Gasteiger partial charge on any atom is 0.414 e. The Labute approximate surface area is 113 Å². The summed E-state index contributed by atoms with van der Waals surface area (Å²) in [5.74, 6) is 1.04. The number of hydrogen-bond donors (Lipinski definition) is 1. The number of para-hydroxylation sites is 1. The van der Waals surface area contributed by atoms with Crippen LogP contribution >= 0.6 is 12.4 Å². The van der Waals surface area contributed by atoms with Crippen molar-refractivity contribution in [2.24, 2.45) is 5.92 Å². The number of carbonyl (C=O) groups excluding carboxylic acids is 1. The van der Waals surface area contributed by atoms with E-state index in [1.54, 1.807) is 4.90 Å². The molecule has 1 N–H and O–H groups in total. The second kappa shape index (κ2) is 5.16. The minimum Gasteiger partial charge on any atom is -0.452 e. The lowest BCUT2D eigenvalue weighted by Crippen LogP contribution is -2.41. The van der Waals surface area contributed by atoms with Crippen molar-refractivity contribution in [3.63, 3.8) is 0 Å². The highest BCUT2D eigenvalue weighted by Gasteiger charge is 2.38. The third-order valence-corrected chi connectivity index (χ3v) is 3.78. The number of rotatable bonds is 0. The summed E-state index contributed by atoms with van der Waals surface area (Å²) in [6.07, 6.45) is -0.261. The van der Waals surface area contributed by atoms with Crippen LogP contribution in [0.15, 0.2) is 24.3 Å². The van der Waals surface area contributed by atoms with E-state index >= 15 is 0 Å². The van der Waals surface area contributed by atoms with E-state index < -0.39 is 0 Å². The summed E-state index contributed by atoms with van der Waals surface area (Å²) in [7, 11) is 1.43. The molecule has 2 aliphatic rings. The maximum atomic E-state index is 11.8. The molecule has 1 aromatic carbocycles. The Balaban J connectivity index is 0.00000120. The number of fused-ring (bicyclic) bond motifs is 3. The summed E-state index contributed by atoms with van der Waals surface area (Å²) in [4.78, 5) is 13.6. The Morgan fingerprint density at radius 1 is 1.39 bits per heavy atom. The van der Waals surface area contributed by atoms with Gasteiger partial charge in [0.05, 0.1) is 12.8 Å². The number of benzene rings is 1. The zero-order chi connectivity index (χ0) is 11.8. The molecule has 18 heavy (non-hydrogen) atoms. The van der Waals surface area contributed by atoms with Crippen LogP contribution in [-0.2, 0) is 4.74 Å². The number of hydrogen-bond acceptors (Lipinski definition) is 3. The topological polar surface area (TPSA) is 41.6 Å². The van der Waals surface area contributed by atoms with Crippen LogP contribution in [0.3, 0.4) is 0 Å². The van der Waals surface area contributed by atoms with E-state index in [-0.39, 0.29) is 18.5 Å². The molecule has 0 saturated carbocycles. The number of amides is 1. The van der Waals surface area contributed by atoms with Gasteiger partial charge in [0.15, 0.2) is 0 Å². The average Bonchev–Trinajstić information content (AvgIpc) is 2.85. The van der Waals surface area contributed by atoms with Crippen LogP contribution in [0.1, 0.15) is 11.5 Å². The summed E-state index contributed by atoms with van der Waals surface area (Å²) in [5, 5.41) is 3.40.